The molecule has 2 nitrogen and oxygen atoms in total. The predicted octanol–water partition coefficient (Wildman–Crippen LogP) is 4.04. The quantitative estimate of drug-likeness (QED) is 0.360. The Kier molecular flexibility index (Phi) is 2.94. The molecule has 4 heteroatoms. The highest BCUT2D eigenvalue weighted by Gasteiger charge is 2.17. The van der Waals surface area contributed by atoms with E-state index in [0.29, 0.717) is 5.46 Å². The topological polar surface area (TPSA) is 40.5 Å². The molecule has 0 fully saturated rings. The first kappa shape index (κ1) is 14.0. The van der Waals surface area contributed by atoms with Gasteiger partial charge in [0.15, 0.2) is 0 Å². The molecule has 0 aliphatic carbocycles. The molecule has 0 aliphatic rings. The number of fused-ring (bicyclic) bond motifs is 6. The zero-order chi connectivity index (χ0) is 16.3. The molecule has 114 valence electrons. The molecule has 24 heavy (non-hydrogen) atoms. The Morgan fingerprint density at radius 3 is 2.33 bits per heavy atom. The van der Waals surface area contributed by atoms with E-state index in [4.69, 9.17) is 0 Å². The average Bonchev–Trinajstić information content (AvgIpc) is 2.97. The molecular weight excluding hydrogens is 315 g/mol. The van der Waals surface area contributed by atoms with Gasteiger partial charge in [-0.2, -0.15) is 0 Å². The minimum atomic E-state index is -1.45. The molecule has 5 rings (SSSR count). The van der Waals surface area contributed by atoms with E-state index in [1.54, 1.807) is 17.4 Å². The van der Waals surface area contributed by atoms with E-state index in [-0.39, 0.29) is 0 Å². The van der Waals surface area contributed by atoms with Gasteiger partial charge in [0.25, 0.3) is 0 Å². The Labute approximate surface area is 142 Å². The Balaban J connectivity index is 1.96. The lowest BCUT2D eigenvalue weighted by molar-refractivity contribution is 0.426. The zero-order valence-electron chi connectivity index (χ0n) is 12.7. The van der Waals surface area contributed by atoms with Crippen LogP contribution in [0.3, 0.4) is 0 Å². The van der Waals surface area contributed by atoms with Crippen molar-refractivity contribution in [1.82, 2.24) is 0 Å². The molecule has 0 aliphatic heterocycles. The maximum atomic E-state index is 9.64. The second-order valence-electron chi connectivity index (χ2n) is 6.06. The molecule has 0 amide bonds. The second kappa shape index (κ2) is 5.05. The van der Waals surface area contributed by atoms with Gasteiger partial charge in [-0.25, -0.2) is 0 Å². The van der Waals surface area contributed by atoms with Gasteiger partial charge in [-0.1, -0.05) is 54.6 Å². The van der Waals surface area contributed by atoms with Crippen molar-refractivity contribution in [1.29, 1.82) is 0 Å². The van der Waals surface area contributed by atoms with Crippen molar-refractivity contribution >= 4 is 65.6 Å². The van der Waals surface area contributed by atoms with Crippen LogP contribution in [0.15, 0.2) is 66.7 Å². The summed E-state index contributed by atoms with van der Waals surface area (Å²) in [5.41, 5.74) is 0.572. The molecular formula is C20H13BO2S. The Hall–Kier alpha value is -2.40. The summed E-state index contributed by atoms with van der Waals surface area (Å²) in [4.78, 5) is 0. The molecule has 4 aromatic carbocycles. The maximum Gasteiger partial charge on any atom is 0.489 e. The molecule has 0 bridgehead atoms. The predicted molar refractivity (Wildman–Crippen MR) is 104 cm³/mol. The number of hydrogen-bond acceptors (Lipinski definition) is 3. The van der Waals surface area contributed by atoms with E-state index in [1.807, 2.05) is 12.1 Å². The highest BCUT2D eigenvalue weighted by atomic mass is 32.1. The average molecular weight is 328 g/mol. The number of rotatable bonds is 1. The highest BCUT2D eigenvalue weighted by molar-refractivity contribution is 7.27. The first-order valence-corrected chi connectivity index (χ1v) is 8.67. The van der Waals surface area contributed by atoms with Crippen molar-refractivity contribution in [2.24, 2.45) is 0 Å². The highest BCUT2D eigenvalue weighted by Crippen LogP contribution is 2.37. The molecule has 0 spiro atoms. The van der Waals surface area contributed by atoms with Crippen LogP contribution in [-0.4, -0.2) is 17.2 Å². The van der Waals surface area contributed by atoms with Gasteiger partial charge in [-0.05, 0) is 44.5 Å². The van der Waals surface area contributed by atoms with Gasteiger partial charge in [0.05, 0.1) is 0 Å². The van der Waals surface area contributed by atoms with E-state index in [9.17, 15) is 10.0 Å². The molecule has 1 aromatic heterocycles. The van der Waals surface area contributed by atoms with Crippen LogP contribution < -0.4 is 5.46 Å². The van der Waals surface area contributed by atoms with Crippen LogP contribution >= 0.6 is 11.3 Å². The summed E-state index contributed by atoms with van der Waals surface area (Å²) in [6.45, 7) is 0. The van der Waals surface area contributed by atoms with Crippen molar-refractivity contribution in [2.45, 2.75) is 0 Å². The molecule has 0 atom stereocenters. The summed E-state index contributed by atoms with van der Waals surface area (Å²) in [5, 5.41) is 26.4. The van der Waals surface area contributed by atoms with Crippen molar-refractivity contribution < 1.29 is 10.0 Å². The fourth-order valence-corrected chi connectivity index (χ4v) is 4.78. The van der Waals surface area contributed by atoms with Crippen molar-refractivity contribution in [3.63, 3.8) is 0 Å². The summed E-state index contributed by atoms with van der Waals surface area (Å²) in [6.07, 6.45) is 0. The summed E-state index contributed by atoms with van der Waals surface area (Å²) in [7, 11) is -1.45. The van der Waals surface area contributed by atoms with Crippen LogP contribution in [0.25, 0.3) is 41.7 Å². The van der Waals surface area contributed by atoms with Crippen LogP contribution in [0.4, 0.5) is 0 Å². The molecule has 2 N–H and O–H groups in total. The number of thiophene rings is 1. The fourth-order valence-electron chi connectivity index (χ4n) is 3.52. The van der Waals surface area contributed by atoms with Gasteiger partial charge >= 0.3 is 7.12 Å². The van der Waals surface area contributed by atoms with E-state index >= 15 is 0 Å². The van der Waals surface area contributed by atoms with E-state index in [1.165, 1.54) is 31.6 Å². The lowest BCUT2D eigenvalue weighted by Gasteiger charge is -2.04. The Morgan fingerprint density at radius 1 is 0.667 bits per heavy atom. The van der Waals surface area contributed by atoms with E-state index < -0.39 is 7.12 Å². The fraction of sp³-hybridized carbons (Fsp3) is 0. The summed E-state index contributed by atoms with van der Waals surface area (Å²) < 4.78 is 2.11. The summed E-state index contributed by atoms with van der Waals surface area (Å²) >= 11 is 1.62. The van der Waals surface area contributed by atoms with Crippen LogP contribution in [0.5, 0.6) is 0 Å². The lowest BCUT2D eigenvalue weighted by atomic mass is 9.80. The van der Waals surface area contributed by atoms with Crippen LogP contribution in [0, 0.1) is 0 Å². The number of benzene rings is 4. The molecule has 0 saturated heterocycles. The first-order chi connectivity index (χ1) is 11.7. The minimum absolute atomic E-state index is 0.572. The molecule has 5 aromatic rings. The molecule has 0 saturated carbocycles. The second-order valence-corrected chi connectivity index (χ2v) is 7.11. The minimum Gasteiger partial charge on any atom is -0.423 e. The summed E-state index contributed by atoms with van der Waals surface area (Å²) in [6, 6.07) is 22.9. The van der Waals surface area contributed by atoms with Gasteiger partial charge in [0.2, 0.25) is 0 Å². The van der Waals surface area contributed by atoms with Gasteiger partial charge in [-0.15, -0.1) is 11.3 Å². The standard InChI is InChI=1S/C20H13BO2S/c22-21(23)18-7-3-6-15-17-10-13-9-8-12-4-1-2-5-14(12)16(13)11-19(17)24-20(15)18/h1-11,22-23H. The van der Waals surface area contributed by atoms with Crippen LogP contribution in [0.2, 0.25) is 0 Å². The Morgan fingerprint density at radius 2 is 1.46 bits per heavy atom. The molecule has 0 radical (unpaired) electrons. The monoisotopic (exact) mass is 328 g/mol. The van der Waals surface area contributed by atoms with Crippen molar-refractivity contribution in [3.05, 3.63) is 66.7 Å². The third kappa shape index (κ3) is 1.91. The van der Waals surface area contributed by atoms with Gasteiger partial charge in [-0.3, -0.25) is 0 Å². The van der Waals surface area contributed by atoms with E-state index in [0.717, 1.165) is 10.1 Å². The van der Waals surface area contributed by atoms with E-state index in [2.05, 4.69) is 48.5 Å². The zero-order valence-corrected chi connectivity index (χ0v) is 13.5. The van der Waals surface area contributed by atoms with Gasteiger partial charge in [0.1, 0.15) is 0 Å². The normalized spacial score (nSPS) is 11.8. The molecule has 0 unspecified atom stereocenters. The lowest BCUT2D eigenvalue weighted by Crippen LogP contribution is -2.29. The smallest absolute Gasteiger partial charge is 0.423 e. The summed E-state index contributed by atoms with van der Waals surface area (Å²) in [5.74, 6) is 0. The first-order valence-electron chi connectivity index (χ1n) is 7.85. The SMILES string of the molecule is OB(O)c1cccc2c1sc1cc3c(ccc4ccccc43)cc12. The van der Waals surface area contributed by atoms with Crippen molar-refractivity contribution in [2.75, 3.05) is 0 Å². The van der Waals surface area contributed by atoms with Crippen LogP contribution in [0.1, 0.15) is 0 Å². The van der Waals surface area contributed by atoms with Gasteiger partial charge in [0, 0.05) is 14.8 Å². The van der Waals surface area contributed by atoms with Crippen LogP contribution in [-0.2, 0) is 0 Å². The number of hydrogen-bond donors (Lipinski definition) is 2. The Bertz CT molecular complexity index is 1240. The molecule has 1 heterocycles. The largest absolute Gasteiger partial charge is 0.489 e. The van der Waals surface area contributed by atoms with Gasteiger partial charge < -0.3 is 10.0 Å². The third-order valence-electron chi connectivity index (χ3n) is 4.67. The van der Waals surface area contributed by atoms with Crippen molar-refractivity contribution in [3.8, 4) is 0 Å². The third-order valence-corrected chi connectivity index (χ3v) is 5.89. The maximum absolute atomic E-state index is 9.64.